The number of aromatic nitrogens is 2. The second-order valence-electron chi connectivity index (χ2n) is 6.35. The Morgan fingerprint density at radius 3 is 2.62 bits per heavy atom. The molecule has 1 N–H and O–H groups in total. The lowest BCUT2D eigenvalue weighted by atomic mass is 10.2. The van der Waals surface area contributed by atoms with E-state index in [1.807, 2.05) is 36.9 Å². The minimum atomic E-state index is -2.97. The summed E-state index contributed by atoms with van der Waals surface area (Å²) < 4.78 is 23.6. The first kappa shape index (κ1) is 18.1. The number of anilines is 3. The Balaban J connectivity index is 1.85. The first-order valence-electron chi connectivity index (χ1n) is 8.50. The third kappa shape index (κ3) is 4.11. The molecule has 0 radical (unpaired) electrons. The predicted octanol–water partition coefficient (Wildman–Crippen LogP) is 2.41. The summed E-state index contributed by atoms with van der Waals surface area (Å²) in [7, 11) is -2.97. The van der Waals surface area contributed by atoms with Crippen LogP contribution in [-0.4, -0.2) is 42.5 Å². The minimum absolute atomic E-state index is 0.0884. The minimum Gasteiger partial charge on any atom is -0.340 e. The molecular weight excluding hydrogens is 350 g/mol. The first-order chi connectivity index (χ1) is 12.4. The molecule has 1 unspecified atom stereocenters. The van der Waals surface area contributed by atoms with Crippen molar-refractivity contribution in [2.75, 3.05) is 28.3 Å². The molecule has 1 aromatic heterocycles. The molecule has 0 amide bonds. The van der Waals surface area contributed by atoms with Gasteiger partial charge in [-0.3, -0.25) is 0 Å². The van der Waals surface area contributed by atoms with Crippen LogP contribution in [0.25, 0.3) is 0 Å². The number of nitrogens with zero attached hydrogens (tertiary/aromatic N) is 4. The van der Waals surface area contributed by atoms with Gasteiger partial charge in [0, 0.05) is 30.0 Å². The number of nitrogens with one attached hydrogen (secondary N) is 1. The molecule has 8 heteroatoms. The van der Waals surface area contributed by atoms with E-state index in [1.165, 1.54) is 0 Å². The van der Waals surface area contributed by atoms with E-state index in [-0.39, 0.29) is 17.5 Å². The molecule has 136 valence electrons. The fraction of sp³-hybridized carbons (Fsp3) is 0.389. The summed E-state index contributed by atoms with van der Waals surface area (Å²) in [6.07, 6.45) is 0.603. The summed E-state index contributed by atoms with van der Waals surface area (Å²) in [5.41, 5.74) is 2.21. The highest BCUT2D eigenvalue weighted by Gasteiger charge is 2.33. The fourth-order valence-electron chi connectivity index (χ4n) is 3.11. The highest BCUT2D eigenvalue weighted by atomic mass is 32.2. The van der Waals surface area contributed by atoms with Crippen molar-refractivity contribution < 1.29 is 8.42 Å². The maximum absolute atomic E-state index is 11.8. The fourth-order valence-corrected chi connectivity index (χ4v) is 4.84. The number of sulfone groups is 1. The van der Waals surface area contributed by atoms with Gasteiger partial charge in [0.05, 0.1) is 23.1 Å². The highest BCUT2D eigenvalue weighted by molar-refractivity contribution is 7.91. The molecule has 2 aromatic rings. The van der Waals surface area contributed by atoms with Crippen LogP contribution >= 0.6 is 0 Å². The molecule has 2 heterocycles. The van der Waals surface area contributed by atoms with Crippen LogP contribution in [0, 0.1) is 18.3 Å². The van der Waals surface area contributed by atoms with Crippen LogP contribution in [0.3, 0.4) is 0 Å². The lowest BCUT2D eigenvalue weighted by molar-refractivity contribution is 0.599. The molecule has 0 spiro atoms. The number of benzene rings is 1. The SMILES string of the molecule is CCN(c1nc(C)cc(Nc2ccc(C#N)cc2)n1)C1CCS(=O)(=O)C1. The number of nitriles is 1. The van der Waals surface area contributed by atoms with Gasteiger partial charge in [0.2, 0.25) is 5.95 Å². The average Bonchev–Trinajstić information content (AvgIpc) is 2.95. The Morgan fingerprint density at radius 1 is 1.31 bits per heavy atom. The predicted molar refractivity (Wildman–Crippen MR) is 101 cm³/mol. The Morgan fingerprint density at radius 2 is 2.04 bits per heavy atom. The number of hydrogen-bond donors (Lipinski definition) is 1. The Kier molecular flexibility index (Phi) is 5.09. The molecule has 0 saturated carbocycles. The van der Waals surface area contributed by atoms with E-state index in [2.05, 4.69) is 21.4 Å². The van der Waals surface area contributed by atoms with E-state index in [4.69, 9.17) is 5.26 Å². The molecule has 26 heavy (non-hydrogen) atoms. The van der Waals surface area contributed by atoms with Gasteiger partial charge in [0.15, 0.2) is 9.84 Å². The Bertz CT molecular complexity index is 935. The molecule has 1 aromatic carbocycles. The zero-order valence-electron chi connectivity index (χ0n) is 14.8. The van der Waals surface area contributed by atoms with E-state index in [1.54, 1.807) is 12.1 Å². The summed E-state index contributed by atoms with van der Waals surface area (Å²) >= 11 is 0. The molecule has 7 nitrogen and oxygen atoms in total. The lowest BCUT2D eigenvalue weighted by Crippen LogP contribution is -2.37. The molecule has 3 rings (SSSR count). The van der Waals surface area contributed by atoms with Crippen molar-refractivity contribution in [3.63, 3.8) is 0 Å². The van der Waals surface area contributed by atoms with Crippen LogP contribution in [0.5, 0.6) is 0 Å². The summed E-state index contributed by atoms with van der Waals surface area (Å²) in [6, 6.07) is 10.9. The third-order valence-electron chi connectivity index (χ3n) is 4.38. The highest BCUT2D eigenvalue weighted by Crippen LogP contribution is 2.24. The average molecular weight is 371 g/mol. The second-order valence-corrected chi connectivity index (χ2v) is 8.58. The zero-order chi connectivity index (χ0) is 18.7. The van der Waals surface area contributed by atoms with Crippen LogP contribution < -0.4 is 10.2 Å². The van der Waals surface area contributed by atoms with Gasteiger partial charge in [-0.25, -0.2) is 13.4 Å². The largest absolute Gasteiger partial charge is 0.340 e. The van der Waals surface area contributed by atoms with Crippen molar-refractivity contribution in [2.24, 2.45) is 0 Å². The van der Waals surface area contributed by atoms with Gasteiger partial charge >= 0.3 is 0 Å². The van der Waals surface area contributed by atoms with Gasteiger partial charge in [-0.15, -0.1) is 0 Å². The number of hydrogen-bond acceptors (Lipinski definition) is 7. The van der Waals surface area contributed by atoms with E-state index in [9.17, 15) is 8.42 Å². The Labute approximate surface area is 153 Å². The van der Waals surface area contributed by atoms with Crippen molar-refractivity contribution in [3.05, 3.63) is 41.6 Å². The van der Waals surface area contributed by atoms with Crippen molar-refractivity contribution in [3.8, 4) is 6.07 Å². The van der Waals surface area contributed by atoms with E-state index in [0.717, 1.165) is 11.4 Å². The van der Waals surface area contributed by atoms with Gasteiger partial charge in [0.1, 0.15) is 5.82 Å². The van der Waals surface area contributed by atoms with E-state index < -0.39 is 9.84 Å². The smallest absolute Gasteiger partial charge is 0.227 e. The number of rotatable bonds is 5. The lowest BCUT2D eigenvalue weighted by Gasteiger charge is -2.27. The van der Waals surface area contributed by atoms with Gasteiger partial charge in [-0.1, -0.05) is 0 Å². The molecular formula is C18H21N5O2S. The summed E-state index contributed by atoms with van der Waals surface area (Å²) in [5, 5.41) is 12.1. The molecule has 1 atom stereocenters. The van der Waals surface area contributed by atoms with Crippen LogP contribution in [-0.2, 0) is 9.84 Å². The van der Waals surface area contributed by atoms with Crippen LogP contribution in [0.2, 0.25) is 0 Å². The standard InChI is InChI=1S/C18H21N5O2S/c1-3-23(16-8-9-26(24,25)12-16)18-20-13(2)10-17(22-18)21-15-6-4-14(11-19)5-7-15/h4-7,10,16H,3,8-9,12H2,1-2H3,(H,20,21,22). The van der Waals surface area contributed by atoms with Crippen LogP contribution in [0.1, 0.15) is 24.6 Å². The van der Waals surface area contributed by atoms with Crippen molar-refractivity contribution in [2.45, 2.75) is 26.3 Å². The first-order valence-corrected chi connectivity index (χ1v) is 10.3. The molecule has 1 aliphatic rings. The van der Waals surface area contributed by atoms with Crippen LogP contribution in [0.4, 0.5) is 17.5 Å². The van der Waals surface area contributed by atoms with Gasteiger partial charge < -0.3 is 10.2 Å². The zero-order valence-corrected chi connectivity index (χ0v) is 15.6. The summed E-state index contributed by atoms with van der Waals surface area (Å²) in [5.74, 6) is 1.54. The maximum Gasteiger partial charge on any atom is 0.227 e. The maximum atomic E-state index is 11.8. The Hall–Kier alpha value is -2.66. The topological polar surface area (TPSA) is 99.0 Å². The van der Waals surface area contributed by atoms with Crippen molar-refractivity contribution >= 4 is 27.3 Å². The van der Waals surface area contributed by atoms with Crippen molar-refractivity contribution in [1.29, 1.82) is 5.26 Å². The third-order valence-corrected chi connectivity index (χ3v) is 6.13. The molecule has 1 aliphatic heterocycles. The molecule has 0 bridgehead atoms. The quantitative estimate of drug-likeness (QED) is 0.861. The van der Waals surface area contributed by atoms with Gasteiger partial charge in [0.25, 0.3) is 0 Å². The molecule has 0 aliphatic carbocycles. The molecule has 1 fully saturated rings. The van der Waals surface area contributed by atoms with Crippen LogP contribution in [0.15, 0.2) is 30.3 Å². The van der Waals surface area contributed by atoms with E-state index >= 15 is 0 Å². The number of aryl methyl sites for hydroxylation is 1. The summed E-state index contributed by atoms with van der Waals surface area (Å²) in [6.45, 7) is 4.50. The van der Waals surface area contributed by atoms with Crippen molar-refractivity contribution in [1.82, 2.24) is 9.97 Å². The van der Waals surface area contributed by atoms with Gasteiger partial charge in [-0.05, 0) is 44.5 Å². The second kappa shape index (κ2) is 7.30. The summed E-state index contributed by atoms with van der Waals surface area (Å²) in [4.78, 5) is 11.0. The van der Waals surface area contributed by atoms with Gasteiger partial charge in [-0.2, -0.15) is 10.2 Å². The monoisotopic (exact) mass is 371 g/mol. The molecule has 1 saturated heterocycles. The normalized spacial score (nSPS) is 18.3. The van der Waals surface area contributed by atoms with E-state index in [0.29, 0.717) is 30.3 Å².